The maximum Gasteiger partial charge on any atom is 0.251 e. The molecule has 1 aliphatic heterocycles. The van der Waals surface area contributed by atoms with Gasteiger partial charge in [-0.1, -0.05) is 0 Å². The number of nitrogens with zero attached hydrogens (tertiary/aromatic N) is 1. The lowest BCUT2D eigenvalue weighted by Crippen LogP contribution is -2.47. The first-order valence-electron chi connectivity index (χ1n) is 6.33. The van der Waals surface area contributed by atoms with Crippen LogP contribution in [0.3, 0.4) is 0 Å². The van der Waals surface area contributed by atoms with Gasteiger partial charge in [0.05, 0.1) is 0 Å². The Morgan fingerprint density at radius 1 is 1.39 bits per heavy atom. The van der Waals surface area contributed by atoms with Crippen LogP contribution in [0.5, 0.6) is 0 Å². The molecule has 18 heavy (non-hydrogen) atoms. The molecule has 0 aromatic heterocycles. The van der Waals surface area contributed by atoms with Crippen molar-refractivity contribution < 1.29 is 9.18 Å². The maximum absolute atomic E-state index is 12.8. The van der Waals surface area contributed by atoms with Crippen molar-refractivity contribution in [1.82, 2.24) is 10.2 Å². The average molecular weight is 250 g/mol. The van der Waals surface area contributed by atoms with Crippen LogP contribution in [0.25, 0.3) is 0 Å². The minimum Gasteiger partial charge on any atom is -0.349 e. The Morgan fingerprint density at radius 3 is 2.67 bits per heavy atom. The highest BCUT2D eigenvalue weighted by Gasteiger charge is 2.24. The van der Waals surface area contributed by atoms with Gasteiger partial charge in [0.1, 0.15) is 5.82 Å². The quantitative estimate of drug-likeness (QED) is 0.871. The third-order valence-corrected chi connectivity index (χ3v) is 3.65. The number of carbonyl (C=O) groups is 1. The molecule has 2 atom stereocenters. The number of amides is 1. The van der Waals surface area contributed by atoms with Gasteiger partial charge in [0, 0.05) is 24.2 Å². The number of carbonyl (C=O) groups excluding carboxylic acids is 1. The molecule has 1 amide bonds. The van der Waals surface area contributed by atoms with E-state index in [0.29, 0.717) is 11.6 Å². The number of hydrogen-bond donors (Lipinski definition) is 1. The molecule has 1 aromatic carbocycles. The van der Waals surface area contributed by atoms with E-state index in [1.807, 2.05) is 0 Å². The molecule has 1 aliphatic rings. The second-order valence-corrected chi connectivity index (χ2v) is 5.03. The van der Waals surface area contributed by atoms with Crippen molar-refractivity contribution in [2.24, 2.45) is 0 Å². The van der Waals surface area contributed by atoms with Crippen molar-refractivity contribution in [3.8, 4) is 0 Å². The average Bonchev–Trinajstić information content (AvgIpc) is 2.34. The van der Waals surface area contributed by atoms with Gasteiger partial charge in [-0.15, -0.1) is 0 Å². The minimum absolute atomic E-state index is 0.114. The summed E-state index contributed by atoms with van der Waals surface area (Å²) in [5.41, 5.74) is 0.517. The van der Waals surface area contributed by atoms with E-state index in [9.17, 15) is 9.18 Å². The third kappa shape index (κ3) is 3.07. The maximum atomic E-state index is 12.8. The molecule has 3 nitrogen and oxygen atoms in total. The largest absolute Gasteiger partial charge is 0.349 e. The zero-order valence-corrected chi connectivity index (χ0v) is 10.8. The standard InChI is InChI=1S/C14H19FN2O/c1-10-9-13(7-8-17(10)2)16-14(18)11-3-5-12(15)6-4-11/h3-6,10,13H,7-9H2,1-2H3,(H,16,18). The van der Waals surface area contributed by atoms with Crippen molar-refractivity contribution in [1.29, 1.82) is 0 Å². The van der Waals surface area contributed by atoms with Crippen LogP contribution >= 0.6 is 0 Å². The number of likely N-dealkylation sites (tertiary alicyclic amines) is 1. The van der Waals surface area contributed by atoms with Crippen LogP contribution in [0, 0.1) is 5.82 Å². The van der Waals surface area contributed by atoms with Crippen LogP contribution < -0.4 is 5.32 Å². The zero-order valence-electron chi connectivity index (χ0n) is 10.8. The molecule has 2 rings (SSSR count). The SMILES string of the molecule is CC1CC(NC(=O)c2ccc(F)cc2)CCN1C. The molecule has 98 valence electrons. The Morgan fingerprint density at radius 2 is 2.06 bits per heavy atom. The molecular formula is C14H19FN2O. The second kappa shape index (κ2) is 5.48. The van der Waals surface area contributed by atoms with E-state index in [-0.39, 0.29) is 17.8 Å². The second-order valence-electron chi connectivity index (χ2n) is 5.03. The smallest absolute Gasteiger partial charge is 0.251 e. The molecule has 1 heterocycles. The summed E-state index contributed by atoms with van der Waals surface area (Å²) in [6, 6.07) is 6.36. The number of halogens is 1. The first-order chi connectivity index (χ1) is 8.56. The fraction of sp³-hybridized carbons (Fsp3) is 0.500. The number of piperidine rings is 1. The van der Waals surface area contributed by atoms with Crippen molar-refractivity contribution in [2.75, 3.05) is 13.6 Å². The fourth-order valence-corrected chi connectivity index (χ4v) is 2.29. The predicted octanol–water partition coefficient (Wildman–Crippen LogP) is 2.04. The van der Waals surface area contributed by atoms with Crippen molar-refractivity contribution in [3.63, 3.8) is 0 Å². The van der Waals surface area contributed by atoms with Crippen molar-refractivity contribution in [2.45, 2.75) is 31.8 Å². The van der Waals surface area contributed by atoms with Crippen LogP contribution in [-0.4, -0.2) is 36.5 Å². The highest BCUT2D eigenvalue weighted by atomic mass is 19.1. The summed E-state index contributed by atoms with van der Waals surface area (Å²) in [6.07, 6.45) is 1.93. The van der Waals surface area contributed by atoms with Crippen LogP contribution in [0.4, 0.5) is 4.39 Å². The summed E-state index contributed by atoms with van der Waals surface area (Å²) >= 11 is 0. The molecule has 0 radical (unpaired) electrons. The monoisotopic (exact) mass is 250 g/mol. The minimum atomic E-state index is -0.320. The topological polar surface area (TPSA) is 32.3 Å². The van der Waals surface area contributed by atoms with Gasteiger partial charge in [-0.25, -0.2) is 4.39 Å². The number of hydrogen-bond acceptors (Lipinski definition) is 2. The molecular weight excluding hydrogens is 231 g/mol. The lowest BCUT2D eigenvalue weighted by molar-refractivity contribution is 0.0896. The molecule has 0 bridgehead atoms. The van der Waals surface area contributed by atoms with Gasteiger partial charge in [0.2, 0.25) is 0 Å². The summed E-state index contributed by atoms with van der Waals surface area (Å²) in [5.74, 6) is -0.434. The highest BCUT2D eigenvalue weighted by Crippen LogP contribution is 2.15. The Labute approximate surface area is 107 Å². The third-order valence-electron chi connectivity index (χ3n) is 3.65. The predicted molar refractivity (Wildman–Crippen MR) is 69.0 cm³/mol. The van der Waals surface area contributed by atoms with Gasteiger partial charge < -0.3 is 10.2 Å². The highest BCUT2D eigenvalue weighted by molar-refractivity contribution is 5.94. The van der Waals surface area contributed by atoms with Crippen molar-refractivity contribution in [3.05, 3.63) is 35.6 Å². The molecule has 1 fully saturated rings. The Bertz CT molecular complexity index is 418. The van der Waals surface area contributed by atoms with E-state index in [0.717, 1.165) is 19.4 Å². The molecule has 0 saturated carbocycles. The normalized spacial score (nSPS) is 24.8. The lowest BCUT2D eigenvalue weighted by Gasteiger charge is -2.35. The van der Waals surface area contributed by atoms with Gasteiger partial charge in [0.15, 0.2) is 0 Å². The molecule has 1 aromatic rings. The zero-order chi connectivity index (χ0) is 13.1. The Kier molecular flexibility index (Phi) is 3.97. The summed E-state index contributed by atoms with van der Waals surface area (Å²) in [7, 11) is 2.10. The van der Waals surface area contributed by atoms with Gasteiger partial charge in [0.25, 0.3) is 5.91 Å². The molecule has 1 N–H and O–H groups in total. The summed E-state index contributed by atoms with van der Waals surface area (Å²) in [6.45, 7) is 3.16. The van der Waals surface area contributed by atoms with Crippen LogP contribution in [-0.2, 0) is 0 Å². The van der Waals surface area contributed by atoms with Crippen molar-refractivity contribution >= 4 is 5.91 Å². The van der Waals surface area contributed by atoms with Gasteiger partial charge >= 0.3 is 0 Å². The van der Waals surface area contributed by atoms with E-state index in [2.05, 4.69) is 24.2 Å². The summed E-state index contributed by atoms with van der Waals surface area (Å²) in [5, 5.41) is 3.02. The van der Waals surface area contributed by atoms with Crippen LogP contribution in [0.1, 0.15) is 30.1 Å². The summed E-state index contributed by atoms with van der Waals surface area (Å²) < 4.78 is 12.8. The lowest BCUT2D eigenvalue weighted by atomic mass is 9.98. The fourth-order valence-electron chi connectivity index (χ4n) is 2.29. The molecule has 0 spiro atoms. The van der Waals surface area contributed by atoms with Gasteiger partial charge in [-0.05, 0) is 51.1 Å². The molecule has 2 unspecified atom stereocenters. The van der Waals surface area contributed by atoms with Crippen LogP contribution in [0.15, 0.2) is 24.3 Å². The Balaban J connectivity index is 1.93. The molecule has 0 aliphatic carbocycles. The van der Waals surface area contributed by atoms with Crippen LogP contribution in [0.2, 0.25) is 0 Å². The Hall–Kier alpha value is -1.42. The van der Waals surface area contributed by atoms with E-state index in [1.165, 1.54) is 24.3 Å². The summed E-state index contributed by atoms with van der Waals surface area (Å²) in [4.78, 5) is 14.3. The number of benzene rings is 1. The van der Waals surface area contributed by atoms with E-state index >= 15 is 0 Å². The van der Waals surface area contributed by atoms with Gasteiger partial charge in [-0.3, -0.25) is 4.79 Å². The molecule has 1 saturated heterocycles. The van der Waals surface area contributed by atoms with E-state index in [1.54, 1.807) is 0 Å². The first kappa shape index (κ1) is 13.0. The van der Waals surface area contributed by atoms with E-state index in [4.69, 9.17) is 0 Å². The first-order valence-corrected chi connectivity index (χ1v) is 6.33. The van der Waals surface area contributed by atoms with Gasteiger partial charge in [-0.2, -0.15) is 0 Å². The number of rotatable bonds is 2. The molecule has 4 heteroatoms. The van der Waals surface area contributed by atoms with E-state index < -0.39 is 0 Å². The number of nitrogens with one attached hydrogen (secondary N) is 1.